The van der Waals surface area contributed by atoms with E-state index in [-0.39, 0.29) is 18.0 Å². The smallest absolute Gasteiger partial charge is 0.269 e. The summed E-state index contributed by atoms with van der Waals surface area (Å²) in [6.45, 7) is 1.66. The molecule has 0 saturated carbocycles. The largest absolute Gasteiger partial charge is 0.485 e. The van der Waals surface area contributed by atoms with Gasteiger partial charge in [-0.15, -0.1) is 0 Å². The van der Waals surface area contributed by atoms with Gasteiger partial charge in [0.15, 0.2) is 6.61 Å². The van der Waals surface area contributed by atoms with E-state index in [2.05, 4.69) is 15.9 Å². The normalized spacial score (nSPS) is 11.1. The zero-order valence-electron chi connectivity index (χ0n) is 14.7. The standard InChI is InChI=1S/C19H14N4O5/c1-13-19(23(26)28-21-13)12-27-18-8-2-14(3-9-18)10-16(11-20)15-4-6-17(7-5-15)22(24)25/h2-10H,12H2,1H3/b16-10+. The molecule has 0 saturated heterocycles. The first-order valence-electron chi connectivity index (χ1n) is 8.12. The lowest BCUT2D eigenvalue weighted by Crippen LogP contribution is -2.29. The van der Waals surface area contributed by atoms with Crippen LogP contribution in [0.25, 0.3) is 11.6 Å². The molecule has 0 amide bonds. The van der Waals surface area contributed by atoms with Crippen LogP contribution < -0.4 is 9.64 Å². The van der Waals surface area contributed by atoms with Crippen molar-refractivity contribution in [2.45, 2.75) is 13.5 Å². The minimum Gasteiger partial charge on any atom is -0.485 e. The Balaban J connectivity index is 1.72. The Hall–Kier alpha value is -4.19. The molecule has 3 rings (SSSR count). The maximum absolute atomic E-state index is 11.4. The van der Waals surface area contributed by atoms with E-state index < -0.39 is 4.92 Å². The highest BCUT2D eigenvalue weighted by atomic mass is 16.8. The number of non-ortho nitro benzene ring substituents is 1. The molecule has 0 atom stereocenters. The molecular weight excluding hydrogens is 364 g/mol. The first kappa shape index (κ1) is 18.6. The van der Waals surface area contributed by atoms with E-state index in [1.165, 1.54) is 24.3 Å². The van der Waals surface area contributed by atoms with Crippen molar-refractivity contribution in [2.24, 2.45) is 0 Å². The zero-order valence-corrected chi connectivity index (χ0v) is 14.7. The van der Waals surface area contributed by atoms with Crippen LogP contribution in [-0.4, -0.2) is 10.1 Å². The molecule has 0 aliphatic carbocycles. The summed E-state index contributed by atoms with van der Waals surface area (Å²) in [5.41, 5.74) is 2.41. The Morgan fingerprint density at radius 2 is 1.96 bits per heavy atom. The number of nitro benzene ring substituents is 1. The predicted octanol–water partition coefficient (Wildman–Crippen LogP) is 3.17. The summed E-state index contributed by atoms with van der Waals surface area (Å²) in [4.78, 5) is 10.5. The molecule has 0 bridgehead atoms. The van der Waals surface area contributed by atoms with Crippen LogP contribution in [0.4, 0.5) is 5.69 Å². The van der Waals surface area contributed by atoms with Gasteiger partial charge < -0.3 is 9.94 Å². The van der Waals surface area contributed by atoms with Gasteiger partial charge >= 0.3 is 0 Å². The van der Waals surface area contributed by atoms with Gasteiger partial charge in [0, 0.05) is 24.2 Å². The molecule has 140 valence electrons. The molecule has 2 aromatic carbocycles. The van der Waals surface area contributed by atoms with Gasteiger partial charge in [0.2, 0.25) is 11.4 Å². The molecule has 28 heavy (non-hydrogen) atoms. The number of hydrogen-bond donors (Lipinski definition) is 0. The summed E-state index contributed by atoms with van der Waals surface area (Å²) in [5, 5.41) is 35.1. The summed E-state index contributed by atoms with van der Waals surface area (Å²) >= 11 is 0. The molecule has 0 spiro atoms. The highest BCUT2D eigenvalue weighted by molar-refractivity contribution is 5.89. The third kappa shape index (κ3) is 4.13. The maximum Gasteiger partial charge on any atom is 0.269 e. The van der Waals surface area contributed by atoms with Crippen LogP contribution in [0.1, 0.15) is 22.5 Å². The van der Waals surface area contributed by atoms with E-state index in [1.54, 1.807) is 37.3 Å². The van der Waals surface area contributed by atoms with E-state index in [4.69, 9.17) is 4.74 Å². The van der Waals surface area contributed by atoms with Crippen LogP contribution in [0.2, 0.25) is 0 Å². The maximum atomic E-state index is 11.4. The molecule has 0 aliphatic rings. The van der Waals surface area contributed by atoms with Gasteiger partial charge in [0.05, 0.1) is 16.6 Å². The number of nitriles is 1. The van der Waals surface area contributed by atoms with Gasteiger partial charge in [0.1, 0.15) is 5.75 Å². The van der Waals surface area contributed by atoms with Crippen molar-refractivity contribution in [3.8, 4) is 11.8 Å². The molecule has 0 radical (unpaired) electrons. The van der Waals surface area contributed by atoms with Crippen LogP contribution in [0.15, 0.2) is 53.2 Å². The van der Waals surface area contributed by atoms with E-state index in [0.717, 1.165) is 5.56 Å². The fourth-order valence-electron chi connectivity index (χ4n) is 2.41. The molecular formula is C19H14N4O5. The van der Waals surface area contributed by atoms with Crippen LogP contribution in [0.5, 0.6) is 5.75 Å². The number of nitro groups is 1. The highest BCUT2D eigenvalue weighted by Crippen LogP contribution is 2.22. The van der Waals surface area contributed by atoms with Crippen molar-refractivity contribution in [1.82, 2.24) is 5.16 Å². The number of hydrogen-bond acceptors (Lipinski definition) is 7. The number of nitrogens with zero attached hydrogens (tertiary/aromatic N) is 4. The Bertz CT molecular complexity index is 1040. The second kappa shape index (κ2) is 8.01. The van der Waals surface area contributed by atoms with Crippen molar-refractivity contribution >= 4 is 17.3 Å². The molecule has 9 heteroatoms. The number of rotatable bonds is 6. The number of aromatic nitrogens is 2. The Morgan fingerprint density at radius 3 is 2.50 bits per heavy atom. The zero-order chi connectivity index (χ0) is 20.1. The van der Waals surface area contributed by atoms with Gasteiger partial charge in [-0.2, -0.15) is 5.26 Å². The minimum atomic E-state index is -0.492. The van der Waals surface area contributed by atoms with Crippen LogP contribution in [0.3, 0.4) is 0 Å². The van der Waals surface area contributed by atoms with Crippen molar-refractivity contribution in [2.75, 3.05) is 0 Å². The van der Waals surface area contributed by atoms with Gasteiger partial charge in [-0.3, -0.25) is 14.7 Å². The third-order valence-electron chi connectivity index (χ3n) is 3.97. The summed E-state index contributed by atoms with van der Waals surface area (Å²) in [7, 11) is 0. The second-order valence-corrected chi connectivity index (χ2v) is 5.79. The minimum absolute atomic E-state index is 0.0141. The van der Waals surface area contributed by atoms with Crippen molar-refractivity contribution in [3.05, 3.63) is 86.4 Å². The average molecular weight is 378 g/mol. The molecule has 3 aromatic rings. The van der Waals surface area contributed by atoms with Gasteiger partial charge in [-0.1, -0.05) is 12.1 Å². The quantitative estimate of drug-likeness (QED) is 0.212. The Kier molecular flexibility index (Phi) is 5.32. The first-order chi connectivity index (χ1) is 13.5. The van der Waals surface area contributed by atoms with Crippen molar-refractivity contribution < 1.29 is 19.2 Å². The van der Waals surface area contributed by atoms with Crippen LogP contribution in [0, 0.1) is 33.6 Å². The molecule has 9 nitrogen and oxygen atoms in total. The average Bonchev–Trinajstić information content (AvgIpc) is 3.03. The number of aryl methyl sites for hydroxylation is 1. The van der Waals surface area contributed by atoms with E-state index in [0.29, 0.717) is 27.5 Å². The summed E-state index contributed by atoms with van der Waals surface area (Å²) < 4.78 is 10.0. The summed E-state index contributed by atoms with van der Waals surface area (Å²) in [5.74, 6) is 0.534. The lowest BCUT2D eigenvalue weighted by Gasteiger charge is -2.05. The van der Waals surface area contributed by atoms with Crippen LogP contribution >= 0.6 is 0 Å². The summed E-state index contributed by atoms with van der Waals surface area (Å²) in [6, 6.07) is 14.8. The van der Waals surface area contributed by atoms with Crippen LogP contribution in [-0.2, 0) is 6.61 Å². The third-order valence-corrected chi connectivity index (χ3v) is 3.97. The Morgan fingerprint density at radius 1 is 1.29 bits per heavy atom. The predicted molar refractivity (Wildman–Crippen MR) is 97.6 cm³/mol. The van der Waals surface area contributed by atoms with E-state index >= 15 is 0 Å². The second-order valence-electron chi connectivity index (χ2n) is 5.79. The molecule has 0 N–H and O–H groups in total. The van der Waals surface area contributed by atoms with Gasteiger partial charge in [0.25, 0.3) is 5.69 Å². The van der Waals surface area contributed by atoms with Crippen molar-refractivity contribution in [1.29, 1.82) is 5.26 Å². The topological polar surface area (TPSA) is 129 Å². The molecule has 1 heterocycles. The fourth-order valence-corrected chi connectivity index (χ4v) is 2.41. The highest BCUT2D eigenvalue weighted by Gasteiger charge is 2.15. The number of allylic oxidation sites excluding steroid dienone is 1. The monoisotopic (exact) mass is 378 g/mol. The number of benzene rings is 2. The molecule has 1 aromatic heterocycles. The fraction of sp³-hybridized carbons (Fsp3) is 0.105. The molecule has 0 fully saturated rings. The summed E-state index contributed by atoms with van der Waals surface area (Å²) in [6.07, 6.45) is 1.67. The first-order valence-corrected chi connectivity index (χ1v) is 8.12. The van der Waals surface area contributed by atoms with Gasteiger partial charge in [-0.05, 0) is 46.4 Å². The molecule has 0 aliphatic heterocycles. The van der Waals surface area contributed by atoms with Gasteiger partial charge in [-0.25, -0.2) is 0 Å². The van der Waals surface area contributed by atoms with Crippen molar-refractivity contribution in [3.63, 3.8) is 0 Å². The lowest BCUT2D eigenvalue weighted by molar-refractivity contribution is -0.808. The SMILES string of the molecule is Cc1no[n+]([O-])c1COc1ccc(/C=C(\C#N)c2ccc([N+](=O)[O-])cc2)cc1. The Labute approximate surface area is 159 Å². The molecule has 0 unspecified atom stereocenters. The lowest BCUT2D eigenvalue weighted by atomic mass is 10.0. The van der Waals surface area contributed by atoms with E-state index in [9.17, 15) is 20.6 Å². The van der Waals surface area contributed by atoms with E-state index in [1.807, 2.05) is 0 Å². The number of ether oxygens (including phenoxy) is 1.